The largest absolute Gasteiger partial charge is 0.379 e. The van der Waals surface area contributed by atoms with Gasteiger partial charge in [0, 0.05) is 42.3 Å². The van der Waals surface area contributed by atoms with Gasteiger partial charge in [-0.3, -0.25) is 4.90 Å². The SMILES string of the molecule is Cc1csc(=Nc2cccc(Cl)c2)n1CCCN1CCOCC1. The van der Waals surface area contributed by atoms with Crippen LogP contribution < -0.4 is 4.80 Å². The molecule has 0 amide bonds. The van der Waals surface area contributed by atoms with Gasteiger partial charge >= 0.3 is 0 Å². The van der Waals surface area contributed by atoms with Crippen LogP contribution in [-0.2, 0) is 11.3 Å². The highest BCUT2D eigenvalue weighted by Gasteiger charge is 2.10. The molecule has 124 valence electrons. The molecule has 1 saturated heterocycles. The van der Waals surface area contributed by atoms with Crippen LogP contribution in [0.3, 0.4) is 0 Å². The standard InChI is InChI=1S/C17H22ClN3OS/c1-14-13-23-17(19-16-5-2-4-15(18)12-16)21(14)7-3-6-20-8-10-22-11-9-20/h2,4-5,12-13H,3,6-11H2,1H3. The van der Waals surface area contributed by atoms with E-state index in [2.05, 4.69) is 21.8 Å². The predicted octanol–water partition coefficient (Wildman–Crippen LogP) is 3.47. The molecular formula is C17H22ClN3OS. The molecule has 1 aliphatic rings. The van der Waals surface area contributed by atoms with E-state index in [1.807, 2.05) is 24.3 Å². The Labute approximate surface area is 146 Å². The van der Waals surface area contributed by atoms with E-state index in [1.165, 1.54) is 5.69 Å². The van der Waals surface area contributed by atoms with Gasteiger partial charge in [0.1, 0.15) is 0 Å². The van der Waals surface area contributed by atoms with Gasteiger partial charge in [-0.05, 0) is 31.5 Å². The monoisotopic (exact) mass is 351 g/mol. The molecule has 0 unspecified atom stereocenters. The molecule has 0 radical (unpaired) electrons. The van der Waals surface area contributed by atoms with Crippen LogP contribution in [0.25, 0.3) is 0 Å². The zero-order chi connectivity index (χ0) is 16.1. The summed E-state index contributed by atoms with van der Waals surface area (Å²) in [6.45, 7) is 8.07. The maximum atomic E-state index is 6.05. The first-order valence-corrected chi connectivity index (χ1v) is 9.23. The van der Waals surface area contributed by atoms with Gasteiger partial charge in [0.05, 0.1) is 18.9 Å². The number of hydrogen-bond donors (Lipinski definition) is 0. The first-order valence-electron chi connectivity index (χ1n) is 7.98. The van der Waals surface area contributed by atoms with Crippen LogP contribution in [0.2, 0.25) is 5.02 Å². The van der Waals surface area contributed by atoms with Crippen LogP contribution in [0.15, 0.2) is 34.6 Å². The van der Waals surface area contributed by atoms with E-state index >= 15 is 0 Å². The van der Waals surface area contributed by atoms with Crippen molar-refractivity contribution in [2.75, 3.05) is 32.8 Å². The summed E-state index contributed by atoms with van der Waals surface area (Å²) in [5.74, 6) is 0. The van der Waals surface area contributed by atoms with Gasteiger partial charge < -0.3 is 9.30 Å². The highest BCUT2D eigenvalue weighted by molar-refractivity contribution is 7.07. The van der Waals surface area contributed by atoms with Crippen LogP contribution in [0.4, 0.5) is 5.69 Å². The lowest BCUT2D eigenvalue weighted by atomic mass is 10.3. The molecule has 2 heterocycles. The number of nitrogens with zero attached hydrogens (tertiary/aromatic N) is 3. The third kappa shape index (κ3) is 4.67. The fourth-order valence-electron chi connectivity index (χ4n) is 2.71. The summed E-state index contributed by atoms with van der Waals surface area (Å²) in [4.78, 5) is 8.26. The first-order chi connectivity index (χ1) is 11.2. The summed E-state index contributed by atoms with van der Waals surface area (Å²) in [5.41, 5.74) is 2.17. The quantitative estimate of drug-likeness (QED) is 0.825. The summed E-state index contributed by atoms with van der Waals surface area (Å²) in [7, 11) is 0. The number of aromatic nitrogens is 1. The third-order valence-electron chi connectivity index (χ3n) is 3.98. The van der Waals surface area contributed by atoms with Crippen LogP contribution in [0.5, 0.6) is 0 Å². The Morgan fingerprint density at radius 1 is 1.26 bits per heavy atom. The number of rotatable bonds is 5. The van der Waals surface area contributed by atoms with Gasteiger partial charge in [0.15, 0.2) is 4.80 Å². The van der Waals surface area contributed by atoms with Crippen LogP contribution in [0.1, 0.15) is 12.1 Å². The van der Waals surface area contributed by atoms with Crippen molar-refractivity contribution >= 4 is 28.6 Å². The summed E-state index contributed by atoms with van der Waals surface area (Å²) >= 11 is 7.73. The molecule has 1 aliphatic heterocycles. The Bertz CT molecular complexity index is 704. The minimum atomic E-state index is 0.721. The normalized spacial score (nSPS) is 16.9. The fourth-order valence-corrected chi connectivity index (χ4v) is 3.82. The van der Waals surface area contributed by atoms with Gasteiger partial charge in [0.25, 0.3) is 0 Å². The van der Waals surface area contributed by atoms with Gasteiger partial charge in [-0.1, -0.05) is 17.7 Å². The molecule has 0 N–H and O–H groups in total. The smallest absolute Gasteiger partial charge is 0.190 e. The molecule has 1 aromatic heterocycles. The number of benzene rings is 1. The van der Waals surface area contributed by atoms with E-state index in [0.717, 1.165) is 61.3 Å². The molecule has 0 atom stereocenters. The summed E-state index contributed by atoms with van der Waals surface area (Å²) in [5, 5.41) is 2.89. The highest BCUT2D eigenvalue weighted by atomic mass is 35.5. The molecule has 0 saturated carbocycles. The Balaban J connectivity index is 1.68. The van der Waals surface area contributed by atoms with Gasteiger partial charge in [-0.2, -0.15) is 0 Å². The third-order valence-corrected chi connectivity index (χ3v) is 5.20. The van der Waals surface area contributed by atoms with Crippen molar-refractivity contribution in [2.24, 2.45) is 4.99 Å². The maximum absolute atomic E-state index is 6.05. The zero-order valence-corrected chi connectivity index (χ0v) is 14.9. The number of hydrogen-bond acceptors (Lipinski definition) is 4. The Morgan fingerprint density at radius 2 is 2.09 bits per heavy atom. The Morgan fingerprint density at radius 3 is 2.87 bits per heavy atom. The molecule has 0 spiro atoms. The van der Waals surface area contributed by atoms with Crippen molar-refractivity contribution in [1.82, 2.24) is 9.47 Å². The molecule has 3 rings (SSSR count). The van der Waals surface area contributed by atoms with Gasteiger partial charge in [-0.25, -0.2) is 4.99 Å². The number of aryl methyl sites for hydroxylation is 1. The zero-order valence-electron chi connectivity index (χ0n) is 13.4. The molecule has 0 aliphatic carbocycles. The van der Waals surface area contributed by atoms with Crippen molar-refractivity contribution < 1.29 is 4.74 Å². The number of ether oxygens (including phenoxy) is 1. The molecular weight excluding hydrogens is 330 g/mol. The number of halogens is 1. The molecule has 0 bridgehead atoms. The van der Waals surface area contributed by atoms with Gasteiger partial charge in [0.2, 0.25) is 0 Å². The minimum absolute atomic E-state index is 0.721. The Kier molecular flexibility index (Phi) is 5.89. The van der Waals surface area contributed by atoms with E-state index in [1.54, 1.807) is 11.3 Å². The molecule has 6 heteroatoms. The predicted molar refractivity (Wildman–Crippen MR) is 95.6 cm³/mol. The van der Waals surface area contributed by atoms with Crippen LogP contribution in [0, 0.1) is 6.92 Å². The van der Waals surface area contributed by atoms with E-state index < -0.39 is 0 Å². The van der Waals surface area contributed by atoms with Crippen molar-refractivity contribution in [1.29, 1.82) is 0 Å². The van der Waals surface area contributed by atoms with Crippen molar-refractivity contribution in [3.05, 3.63) is 45.2 Å². The topological polar surface area (TPSA) is 29.8 Å². The lowest BCUT2D eigenvalue weighted by Gasteiger charge is -2.26. The average molecular weight is 352 g/mol. The lowest BCUT2D eigenvalue weighted by molar-refractivity contribution is 0.0369. The Hall–Kier alpha value is -1.14. The number of morpholine rings is 1. The van der Waals surface area contributed by atoms with E-state index in [4.69, 9.17) is 21.3 Å². The highest BCUT2D eigenvalue weighted by Crippen LogP contribution is 2.17. The molecule has 2 aromatic rings. The van der Waals surface area contributed by atoms with E-state index in [-0.39, 0.29) is 0 Å². The summed E-state index contributed by atoms with van der Waals surface area (Å²) in [6.07, 6.45) is 1.13. The lowest BCUT2D eigenvalue weighted by Crippen LogP contribution is -2.37. The second-order valence-corrected chi connectivity index (χ2v) is 6.98. The molecule has 1 fully saturated rings. The van der Waals surface area contributed by atoms with Crippen molar-refractivity contribution in [2.45, 2.75) is 19.9 Å². The number of thiazole rings is 1. The summed E-state index contributed by atoms with van der Waals surface area (Å²) < 4.78 is 7.69. The average Bonchev–Trinajstić information content (AvgIpc) is 2.89. The van der Waals surface area contributed by atoms with Crippen molar-refractivity contribution in [3.63, 3.8) is 0 Å². The van der Waals surface area contributed by atoms with Crippen molar-refractivity contribution in [3.8, 4) is 0 Å². The molecule has 23 heavy (non-hydrogen) atoms. The van der Waals surface area contributed by atoms with Crippen LogP contribution >= 0.6 is 22.9 Å². The summed E-state index contributed by atoms with van der Waals surface area (Å²) in [6, 6.07) is 7.69. The van der Waals surface area contributed by atoms with Crippen LogP contribution in [-0.4, -0.2) is 42.3 Å². The van der Waals surface area contributed by atoms with E-state index in [9.17, 15) is 0 Å². The van der Waals surface area contributed by atoms with Gasteiger partial charge in [-0.15, -0.1) is 11.3 Å². The first kappa shape index (κ1) is 16.7. The fraction of sp³-hybridized carbons (Fsp3) is 0.471. The second-order valence-electron chi connectivity index (χ2n) is 5.71. The minimum Gasteiger partial charge on any atom is -0.379 e. The molecule has 1 aromatic carbocycles. The molecule has 4 nitrogen and oxygen atoms in total. The maximum Gasteiger partial charge on any atom is 0.190 e. The van der Waals surface area contributed by atoms with E-state index in [0.29, 0.717) is 0 Å². The second kappa shape index (κ2) is 8.11.